The molecule has 0 spiro atoms. The third kappa shape index (κ3) is 4.99. The van der Waals surface area contributed by atoms with E-state index in [1.807, 2.05) is 19.1 Å². The number of hydrogen-bond acceptors (Lipinski definition) is 3. The van der Waals surface area contributed by atoms with E-state index in [0.717, 1.165) is 11.1 Å². The number of rotatable bonds is 5. The van der Waals surface area contributed by atoms with Gasteiger partial charge in [-0.3, -0.25) is 14.4 Å². The number of hydrogen-bond donors (Lipinski definition) is 2. The van der Waals surface area contributed by atoms with Crippen LogP contribution in [0.3, 0.4) is 0 Å². The Hall–Kier alpha value is -1.85. The molecule has 0 radical (unpaired) electrons. The molecule has 0 bridgehead atoms. The summed E-state index contributed by atoms with van der Waals surface area (Å²) < 4.78 is 0. The lowest BCUT2D eigenvalue weighted by Crippen LogP contribution is -2.28. The van der Waals surface area contributed by atoms with E-state index < -0.39 is 11.8 Å². The maximum absolute atomic E-state index is 11.2. The zero-order valence-corrected chi connectivity index (χ0v) is 10.5. The zero-order valence-electron chi connectivity index (χ0n) is 9.77. The molecule has 96 valence electrons. The van der Waals surface area contributed by atoms with Gasteiger partial charge in [-0.15, -0.1) is 0 Å². The third-order valence-electron chi connectivity index (χ3n) is 2.01. The van der Waals surface area contributed by atoms with Crippen LogP contribution in [0.1, 0.15) is 11.1 Å². The van der Waals surface area contributed by atoms with Gasteiger partial charge in [-0.1, -0.05) is 23.7 Å². The minimum Gasteiger partial charge on any atom is -0.368 e. The Morgan fingerprint density at radius 3 is 2.83 bits per heavy atom. The molecule has 1 aromatic rings. The molecule has 1 rings (SSSR count). The molecule has 18 heavy (non-hydrogen) atoms. The van der Waals surface area contributed by atoms with Crippen molar-refractivity contribution in [2.24, 2.45) is 5.73 Å². The summed E-state index contributed by atoms with van der Waals surface area (Å²) in [6.07, 6.45) is 2.84. The minimum absolute atomic E-state index is 0.365. The van der Waals surface area contributed by atoms with Gasteiger partial charge in [0.1, 0.15) is 0 Å². The van der Waals surface area contributed by atoms with Crippen LogP contribution < -0.4 is 11.2 Å². The smallest absolute Gasteiger partial charge is 0.267 e. The molecule has 2 amide bonds. The van der Waals surface area contributed by atoms with E-state index in [9.17, 15) is 9.59 Å². The molecule has 0 fully saturated rings. The lowest BCUT2D eigenvalue weighted by molar-refractivity contribution is -0.134. The first-order valence-electron chi connectivity index (χ1n) is 5.13. The van der Waals surface area contributed by atoms with E-state index in [-0.39, 0.29) is 6.61 Å². The molecule has 0 aromatic heterocycles. The molecule has 0 aliphatic rings. The third-order valence-corrected chi connectivity index (χ3v) is 2.42. The maximum atomic E-state index is 11.2. The lowest BCUT2D eigenvalue weighted by Gasteiger charge is -2.01. The van der Waals surface area contributed by atoms with Crippen molar-refractivity contribution in [1.29, 1.82) is 0 Å². The summed E-state index contributed by atoms with van der Waals surface area (Å²) >= 11 is 5.94. The second-order valence-electron chi connectivity index (χ2n) is 3.56. The van der Waals surface area contributed by atoms with Crippen LogP contribution in [-0.4, -0.2) is 18.4 Å². The first-order chi connectivity index (χ1) is 8.49. The predicted molar refractivity (Wildman–Crippen MR) is 68.5 cm³/mol. The molecule has 5 nitrogen and oxygen atoms in total. The maximum Gasteiger partial charge on any atom is 0.267 e. The number of carbonyl (C=O) groups excluding carboxylic acids is 2. The fourth-order valence-electron chi connectivity index (χ4n) is 1.10. The minimum atomic E-state index is -0.662. The summed E-state index contributed by atoms with van der Waals surface area (Å²) in [5.74, 6) is -1.16. The molecule has 0 saturated carbocycles. The Bertz CT molecular complexity index is 486. The zero-order chi connectivity index (χ0) is 13.5. The Morgan fingerprint density at radius 2 is 2.22 bits per heavy atom. The number of hydroxylamine groups is 1. The summed E-state index contributed by atoms with van der Waals surface area (Å²) in [5.41, 5.74) is 8.63. The topological polar surface area (TPSA) is 81.4 Å². The van der Waals surface area contributed by atoms with Gasteiger partial charge in [0.05, 0.1) is 0 Å². The van der Waals surface area contributed by atoms with Crippen molar-refractivity contribution in [2.45, 2.75) is 6.92 Å². The predicted octanol–water partition coefficient (Wildman–Crippen LogP) is 1.19. The molecule has 0 aliphatic heterocycles. The Morgan fingerprint density at radius 1 is 1.50 bits per heavy atom. The van der Waals surface area contributed by atoms with Gasteiger partial charge in [0, 0.05) is 11.1 Å². The molecule has 1 aromatic carbocycles. The van der Waals surface area contributed by atoms with E-state index in [2.05, 4.69) is 10.3 Å². The van der Waals surface area contributed by atoms with Crippen molar-refractivity contribution in [3.8, 4) is 0 Å². The van der Waals surface area contributed by atoms with Crippen molar-refractivity contribution in [3.63, 3.8) is 0 Å². The molecule has 0 atom stereocenters. The highest BCUT2D eigenvalue weighted by Gasteiger charge is 1.99. The number of carbonyl (C=O) groups is 2. The van der Waals surface area contributed by atoms with Gasteiger partial charge in [0.25, 0.3) is 5.91 Å². The number of halogens is 1. The van der Waals surface area contributed by atoms with Crippen molar-refractivity contribution in [2.75, 3.05) is 6.61 Å². The summed E-state index contributed by atoms with van der Waals surface area (Å²) in [5, 5.41) is 0.627. The first kappa shape index (κ1) is 14.2. The average molecular weight is 269 g/mol. The molecule has 0 unspecified atom stereocenters. The highest BCUT2D eigenvalue weighted by molar-refractivity contribution is 6.31. The van der Waals surface area contributed by atoms with Crippen LogP contribution >= 0.6 is 11.6 Å². The number of aryl methyl sites for hydroxylation is 1. The highest BCUT2D eigenvalue weighted by atomic mass is 35.5. The summed E-state index contributed by atoms with van der Waals surface area (Å²) in [6, 6.07) is 5.42. The van der Waals surface area contributed by atoms with Crippen molar-refractivity contribution in [1.82, 2.24) is 5.48 Å². The molecular weight excluding hydrogens is 256 g/mol. The summed E-state index contributed by atoms with van der Waals surface area (Å²) in [4.78, 5) is 26.1. The molecule has 0 heterocycles. The number of benzene rings is 1. The quantitative estimate of drug-likeness (QED) is 0.622. The number of amides is 2. The second kappa shape index (κ2) is 6.78. The van der Waals surface area contributed by atoms with E-state index in [1.165, 1.54) is 6.08 Å². The largest absolute Gasteiger partial charge is 0.368 e. The van der Waals surface area contributed by atoms with Crippen molar-refractivity contribution in [3.05, 3.63) is 40.4 Å². The lowest BCUT2D eigenvalue weighted by atomic mass is 10.1. The number of nitrogens with one attached hydrogen (secondary N) is 1. The summed E-state index contributed by atoms with van der Waals surface area (Å²) in [7, 11) is 0. The average Bonchev–Trinajstić information content (AvgIpc) is 2.30. The van der Waals surface area contributed by atoms with Crippen molar-refractivity contribution < 1.29 is 14.4 Å². The summed E-state index contributed by atoms with van der Waals surface area (Å²) in [6.45, 7) is 1.52. The monoisotopic (exact) mass is 268 g/mol. The van der Waals surface area contributed by atoms with Crippen LogP contribution in [0.5, 0.6) is 0 Å². The van der Waals surface area contributed by atoms with Crippen LogP contribution in [0.25, 0.3) is 6.08 Å². The van der Waals surface area contributed by atoms with Gasteiger partial charge in [-0.25, -0.2) is 5.48 Å². The Kier molecular flexibility index (Phi) is 5.35. The normalized spacial score (nSPS) is 10.6. The van der Waals surface area contributed by atoms with E-state index in [0.29, 0.717) is 5.02 Å². The van der Waals surface area contributed by atoms with Gasteiger partial charge >= 0.3 is 0 Å². The molecule has 3 N–H and O–H groups in total. The Balaban J connectivity index is 2.50. The van der Waals surface area contributed by atoms with Gasteiger partial charge in [-0.2, -0.15) is 0 Å². The van der Waals surface area contributed by atoms with Crippen LogP contribution in [-0.2, 0) is 14.4 Å². The second-order valence-corrected chi connectivity index (χ2v) is 3.97. The molecule has 6 heteroatoms. The fraction of sp³-hybridized carbons (Fsp3) is 0.167. The van der Waals surface area contributed by atoms with Crippen LogP contribution in [0.2, 0.25) is 5.02 Å². The number of primary amides is 1. The SMILES string of the molecule is Cc1ccc(/C=C/C(=O)NOCC(N)=O)cc1Cl. The van der Waals surface area contributed by atoms with Crippen LogP contribution in [0.15, 0.2) is 24.3 Å². The molecular formula is C12H13ClN2O3. The van der Waals surface area contributed by atoms with Gasteiger partial charge in [-0.05, 0) is 30.2 Å². The van der Waals surface area contributed by atoms with E-state index in [4.69, 9.17) is 17.3 Å². The van der Waals surface area contributed by atoms with Crippen LogP contribution in [0, 0.1) is 6.92 Å². The van der Waals surface area contributed by atoms with Crippen molar-refractivity contribution >= 4 is 29.5 Å². The Labute approximate surface area is 110 Å². The molecule has 0 saturated heterocycles. The van der Waals surface area contributed by atoms with Gasteiger partial charge in [0.15, 0.2) is 6.61 Å². The van der Waals surface area contributed by atoms with Gasteiger partial charge < -0.3 is 5.73 Å². The standard InChI is InChI=1S/C12H13ClN2O3/c1-8-2-3-9(6-10(8)13)4-5-12(17)15-18-7-11(14)16/h2-6H,7H2,1H3,(H2,14,16)(H,15,17)/b5-4+. The van der Waals surface area contributed by atoms with Crippen LogP contribution in [0.4, 0.5) is 0 Å². The fourth-order valence-corrected chi connectivity index (χ4v) is 1.29. The molecule has 0 aliphatic carbocycles. The first-order valence-corrected chi connectivity index (χ1v) is 5.51. The van der Waals surface area contributed by atoms with E-state index >= 15 is 0 Å². The van der Waals surface area contributed by atoms with Gasteiger partial charge in [0.2, 0.25) is 5.91 Å². The van der Waals surface area contributed by atoms with E-state index in [1.54, 1.807) is 12.1 Å². The number of nitrogens with two attached hydrogens (primary N) is 1. The highest BCUT2D eigenvalue weighted by Crippen LogP contribution is 2.17.